The SMILES string of the molecule is COc1cc(NC(=O)N2CCC(c3ccccn3)CC2)n(C)n1. The smallest absolute Gasteiger partial charge is 0.323 e. The van der Waals surface area contributed by atoms with Gasteiger partial charge in [0, 0.05) is 44.0 Å². The summed E-state index contributed by atoms with van der Waals surface area (Å²) in [4.78, 5) is 18.6. The zero-order valence-electron chi connectivity index (χ0n) is 13.4. The molecule has 0 unspecified atom stereocenters. The second-order valence-electron chi connectivity index (χ2n) is 5.64. The first kappa shape index (κ1) is 15.3. The van der Waals surface area contributed by atoms with Crippen molar-refractivity contribution in [3.63, 3.8) is 0 Å². The molecular formula is C16H21N5O2. The highest BCUT2D eigenvalue weighted by atomic mass is 16.5. The molecule has 1 N–H and O–H groups in total. The molecule has 23 heavy (non-hydrogen) atoms. The van der Waals surface area contributed by atoms with E-state index in [1.807, 2.05) is 23.2 Å². The van der Waals surface area contributed by atoms with Crippen molar-refractivity contribution in [2.24, 2.45) is 7.05 Å². The molecule has 2 aromatic rings. The highest BCUT2D eigenvalue weighted by molar-refractivity contribution is 5.88. The van der Waals surface area contributed by atoms with Crippen molar-refractivity contribution in [1.29, 1.82) is 0 Å². The average Bonchev–Trinajstić information content (AvgIpc) is 2.96. The van der Waals surface area contributed by atoms with E-state index in [4.69, 9.17) is 4.74 Å². The minimum atomic E-state index is -0.102. The number of likely N-dealkylation sites (tertiary alicyclic amines) is 1. The Kier molecular flexibility index (Phi) is 4.45. The molecular weight excluding hydrogens is 294 g/mol. The number of hydrogen-bond acceptors (Lipinski definition) is 4. The highest BCUT2D eigenvalue weighted by Crippen LogP contribution is 2.26. The molecule has 2 amide bonds. The van der Waals surface area contributed by atoms with Gasteiger partial charge in [0.1, 0.15) is 5.82 Å². The molecule has 0 atom stereocenters. The molecule has 0 radical (unpaired) electrons. The number of aryl methyl sites for hydroxylation is 1. The van der Waals surface area contributed by atoms with Crippen LogP contribution in [-0.2, 0) is 7.05 Å². The number of aromatic nitrogens is 3. The summed E-state index contributed by atoms with van der Waals surface area (Å²) >= 11 is 0. The molecule has 122 valence electrons. The van der Waals surface area contributed by atoms with Crippen LogP contribution in [0.3, 0.4) is 0 Å². The van der Waals surface area contributed by atoms with Gasteiger partial charge in [-0.1, -0.05) is 6.07 Å². The number of pyridine rings is 1. The van der Waals surface area contributed by atoms with E-state index in [-0.39, 0.29) is 6.03 Å². The van der Waals surface area contributed by atoms with E-state index in [1.54, 1.807) is 24.9 Å². The van der Waals surface area contributed by atoms with Gasteiger partial charge in [-0.25, -0.2) is 9.48 Å². The Morgan fingerprint density at radius 2 is 2.13 bits per heavy atom. The molecule has 0 spiro atoms. The fourth-order valence-corrected chi connectivity index (χ4v) is 2.84. The molecule has 0 aliphatic carbocycles. The molecule has 7 heteroatoms. The lowest BCUT2D eigenvalue weighted by Gasteiger charge is -2.31. The van der Waals surface area contributed by atoms with Gasteiger partial charge in [0.2, 0.25) is 5.88 Å². The van der Waals surface area contributed by atoms with E-state index in [0.29, 0.717) is 17.6 Å². The third-order valence-corrected chi connectivity index (χ3v) is 4.19. The second kappa shape index (κ2) is 6.68. The number of rotatable bonds is 3. The number of anilines is 1. The van der Waals surface area contributed by atoms with E-state index in [0.717, 1.165) is 31.6 Å². The average molecular weight is 315 g/mol. The summed E-state index contributed by atoms with van der Waals surface area (Å²) in [6, 6.07) is 7.60. The van der Waals surface area contributed by atoms with Crippen molar-refractivity contribution in [2.45, 2.75) is 18.8 Å². The maximum Gasteiger partial charge on any atom is 0.323 e. The van der Waals surface area contributed by atoms with Crippen molar-refractivity contribution in [1.82, 2.24) is 19.7 Å². The van der Waals surface area contributed by atoms with Gasteiger partial charge in [0.15, 0.2) is 0 Å². The first-order valence-electron chi connectivity index (χ1n) is 7.72. The Hall–Kier alpha value is -2.57. The van der Waals surface area contributed by atoms with Crippen molar-refractivity contribution in [3.05, 3.63) is 36.2 Å². The summed E-state index contributed by atoms with van der Waals surface area (Å²) in [7, 11) is 3.32. The molecule has 0 saturated carbocycles. The predicted molar refractivity (Wildman–Crippen MR) is 86.6 cm³/mol. The highest BCUT2D eigenvalue weighted by Gasteiger charge is 2.25. The van der Waals surface area contributed by atoms with Crippen LogP contribution in [-0.4, -0.2) is 45.9 Å². The van der Waals surface area contributed by atoms with Crippen molar-refractivity contribution < 1.29 is 9.53 Å². The van der Waals surface area contributed by atoms with Gasteiger partial charge < -0.3 is 9.64 Å². The molecule has 3 heterocycles. The van der Waals surface area contributed by atoms with Gasteiger partial charge in [-0.2, -0.15) is 0 Å². The molecule has 1 fully saturated rings. The summed E-state index contributed by atoms with van der Waals surface area (Å²) in [6.45, 7) is 1.45. The van der Waals surface area contributed by atoms with Gasteiger partial charge in [-0.15, -0.1) is 5.10 Å². The molecule has 1 saturated heterocycles. The van der Waals surface area contributed by atoms with Crippen LogP contribution in [0.15, 0.2) is 30.5 Å². The molecule has 3 rings (SSSR count). The van der Waals surface area contributed by atoms with Crippen LogP contribution in [0.1, 0.15) is 24.5 Å². The summed E-state index contributed by atoms with van der Waals surface area (Å²) < 4.78 is 6.66. The Morgan fingerprint density at radius 1 is 1.35 bits per heavy atom. The zero-order valence-corrected chi connectivity index (χ0v) is 13.4. The third-order valence-electron chi connectivity index (χ3n) is 4.19. The Labute approximate surface area is 135 Å². The Balaban J connectivity index is 1.57. The van der Waals surface area contributed by atoms with E-state index in [9.17, 15) is 4.79 Å². The number of nitrogens with zero attached hydrogens (tertiary/aromatic N) is 4. The van der Waals surface area contributed by atoms with E-state index in [1.165, 1.54) is 0 Å². The normalized spacial score (nSPS) is 15.5. The predicted octanol–water partition coefficient (Wildman–Crippen LogP) is 2.24. The third kappa shape index (κ3) is 3.44. The molecule has 0 aromatic carbocycles. The standard InChI is InChI=1S/C16H21N5O2/c1-20-14(11-15(19-20)23-2)18-16(22)21-9-6-12(7-10-21)13-5-3-4-8-17-13/h3-5,8,11-12H,6-7,9-10H2,1-2H3,(H,18,22). The van der Waals surface area contributed by atoms with E-state index < -0.39 is 0 Å². The summed E-state index contributed by atoms with van der Waals surface area (Å²) in [5.74, 6) is 1.53. The largest absolute Gasteiger partial charge is 0.480 e. The van der Waals surface area contributed by atoms with Crippen LogP contribution < -0.4 is 10.1 Å². The maximum atomic E-state index is 12.4. The van der Waals surface area contributed by atoms with E-state index in [2.05, 4.69) is 21.5 Å². The number of amides is 2. The first-order valence-corrected chi connectivity index (χ1v) is 7.72. The second-order valence-corrected chi connectivity index (χ2v) is 5.64. The minimum absolute atomic E-state index is 0.102. The number of piperidine rings is 1. The zero-order chi connectivity index (χ0) is 16.2. The first-order chi connectivity index (χ1) is 11.2. The molecule has 0 bridgehead atoms. The van der Waals surface area contributed by atoms with Crippen LogP contribution in [0.5, 0.6) is 5.88 Å². The van der Waals surface area contributed by atoms with Crippen LogP contribution in [0.25, 0.3) is 0 Å². The number of ether oxygens (including phenoxy) is 1. The van der Waals surface area contributed by atoms with Crippen molar-refractivity contribution >= 4 is 11.8 Å². The molecule has 7 nitrogen and oxygen atoms in total. The van der Waals surface area contributed by atoms with Gasteiger partial charge in [0.05, 0.1) is 7.11 Å². The Bertz CT molecular complexity index is 662. The number of hydrogen-bond donors (Lipinski definition) is 1. The Morgan fingerprint density at radius 3 is 2.74 bits per heavy atom. The van der Waals surface area contributed by atoms with Crippen LogP contribution in [0.4, 0.5) is 10.6 Å². The van der Waals surface area contributed by atoms with Gasteiger partial charge in [-0.05, 0) is 25.0 Å². The molecule has 1 aliphatic rings. The van der Waals surface area contributed by atoms with Crippen LogP contribution in [0.2, 0.25) is 0 Å². The summed E-state index contributed by atoms with van der Waals surface area (Å²) in [5, 5.41) is 7.01. The van der Waals surface area contributed by atoms with Gasteiger partial charge in [0.25, 0.3) is 0 Å². The number of carbonyl (C=O) groups is 1. The molecule has 1 aliphatic heterocycles. The fourth-order valence-electron chi connectivity index (χ4n) is 2.84. The monoisotopic (exact) mass is 315 g/mol. The minimum Gasteiger partial charge on any atom is -0.480 e. The van der Waals surface area contributed by atoms with Gasteiger partial charge in [-0.3, -0.25) is 10.3 Å². The number of methoxy groups -OCH3 is 1. The maximum absolute atomic E-state index is 12.4. The lowest BCUT2D eigenvalue weighted by Crippen LogP contribution is -2.41. The number of nitrogens with one attached hydrogen (secondary N) is 1. The quantitative estimate of drug-likeness (QED) is 0.943. The number of carbonyl (C=O) groups excluding carboxylic acids is 1. The lowest BCUT2D eigenvalue weighted by molar-refractivity contribution is 0.194. The van der Waals surface area contributed by atoms with Crippen LogP contribution in [0, 0.1) is 0 Å². The summed E-state index contributed by atoms with van der Waals surface area (Å²) in [6.07, 6.45) is 3.68. The summed E-state index contributed by atoms with van der Waals surface area (Å²) in [5.41, 5.74) is 1.11. The lowest BCUT2D eigenvalue weighted by atomic mass is 9.93. The molecule has 2 aromatic heterocycles. The fraction of sp³-hybridized carbons (Fsp3) is 0.438. The van der Waals surface area contributed by atoms with Gasteiger partial charge >= 0.3 is 6.03 Å². The van der Waals surface area contributed by atoms with E-state index >= 15 is 0 Å². The number of urea groups is 1. The van der Waals surface area contributed by atoms with Crippen molar-refractivity contribution in [3.8, 4) is 5.88 Å². The topological polar surface area (TPSA) is 72.3 Å². The van der Waals surface area contributed by atoms with Crippen molar-refractivity contribution in [2.75, 3.05) is 25.5 Å². The van der Waals surface area contributed by atoms with Crippen LogP contribution >= 0.6 is 0 Å².